The van der Waals surface area contributed by atoms with Gasteiger partial charge in [-0.2, -0.15) is 0 Å². The van der Waals surface area contributed by atoms with E-state index in [1.807, 2.05) is 11.8 Å². The van der Waals surface area contributed by atoms with Gasteiger partial charge in [-0.15, -0.1) is 0 Å². The minimum Gasteiger partial charge on any atom is -0.352 e. The minimum absolute atomic E-state index is 0.00378. The third-order valence-corrected chi connectivity index (χ3v) is 4.29. The summed E-state index contributed by atoms with van der Waals surface area (Å²) in [6, 6.07) is 0. The summed E-state index contributed by atoms with van der Waals surface area (Å²) in [7, 11) is 0. The molecule has 4 heteroatoms. The van der Waals surface area contributed by atoms with Gasteiger partial charge in [0, 0.05) is 19.5 Å². The standard InChI is InChI=1S/C15H24N2O2/c1-3-8-15(2)14(19)16-9-10-17(15)13(18)11-12-6-4-5-7-12/h4,6,12H,3,5,7-11H2,1-2H3,(H,16,19)/t12-,15-/m0/s1. The summed E-state index contributed by atoms with van der Waals surface area (Å²) in [6.45, 7) is 5.16. The summed E-state index contributed by atoms with van der Waals surface area (Å²) in [4.78, 5) is 26.4. The van der Waals surface area contributed by atoms with Crippen molar-refractivity contribution < 1.29 is 9.59 Å². The summed E-state index contributed by atoms with van der Waals surface area (Å²) in [5.74, 6) is 0.488. The molecule has 1 aliphatic heterocycles. The zero-order valence-corrected chi connectivity index (χ0v) is 11.9. The van der Waals surface area contributed by atoms with Crippen molar-refractivity contribution in [2.24, 2.45) is 5.92 Å². The molecule has 0 spiro atoms. The highest BCUT2D eigenvalue weighted by Gasteiger charge is 2.43. The van der Waals surface area contributed by atoms with Crippen LogP contribution in [-0.4, -0.2) is 35.3 Å². The van der Waals surface area contributed by atoms with Gasteiger partial charge in [-0.25, -0.2) is 0 Å². The minimum atomic E-state index is -0.660. The number of carbonyl (C=O) groups excluding carboxylic acids is 2. The van der Waals surface area contributed by atoms with Crippen molar-refractivity contribution in [3.05, 3.63) is 12.2 Å². The van der Waals surface area contributed by atoms with Gasteiger partial charge in [-0.1, -0.05) is 25.5 Å². The number of amides is 2. The fourth-order valence-corrected chi connectivity index (χ4v) is 3.18. The van der Waals surface area contributed by atoms with Gasteiger partial charge in [0.15, 0.2) is 0 Å². The highest BCUT2D eigenvalue weighted by Crippen LogP contribution is 2.28. The van der Waals surface area contributed by atoms with Crippen LogP contribution < -0.4 is 5.32 Å². The van der Waals surface area contributed by atoms with E-state index in [1.54, 1.807) is 0 Å². The monoisotopic (exact) mass is 264 g/mol. The molecule has 0 unspecified atom stereocenters. The quantitative estimate of drug-likeness (QED) is 0.788. The van der Waals surface area contributed by atoms with Crippen molar-refractivity contribution in [1.29, 1.82) is 0 Å². The molecule has 0 saturated carbocycles. The lowest BCUT2D eigenvalue weighted by Gasteiger charge is -2.44. The second kappa shape index (κ2) is 5.76. The molecule has 2 atom stereocenters. The average Bonchev–Trinajstić information content (AvgIpc) is 2.86. The molecule has 0 aromatic carbocycles. The summed E-state index contributed by atoms with van der Waals surface area (Å²) < 4.78 is 0. The molecule has 2 aliphatic rings. The first-order valence-electron chi connectivity index (χ1n) is 7.33. The molecule has 1 saturated heterocycles. The number of nitrogens with one attached hydrogen (secondary N) is 1. The van der Waals surface area contributed by atoms with E-state index in [0.29, 0.717) is 25.4 Å². The molecule has 0 radical (unpaired) electrons. The van der Waals surface area contributed by atoms with Gasteiger partial charge < -0.3 is 10.2 Å². The largest absolute Gasteiger partial charge is 0.352 e. The predicted molar refractivity (Wildman–Crippen MR) is 74.5 cm³/mol. The number of hydrogen-bond acceptors (Lipinski definition) is 2. The molecule has 106 valence electrons. The summed E-state index contributed by atoms with van der Waals surface area (Å²) in [5.41, 5.74) is -0.660. The smallest absolute Gasteiger partial charge is 0.245 e. The van der Waals surface area contributed by atoms with Gasteiger partial charge in [0.25, 0.3) is 0 Å². The number of allylic oxidation sites excluding steroid dienone is 2. The lowest BCUT2D eigenvalue weighted by atomic mass is 9.89. The van der Waals surface area contributed by atoms with Crippen LogP contribution in [0.25, 0.3) is 0 Å². The maximum atomic E-state index is 12.5. The lowest BCUT2D eigenvalue weighted by Crippen LogP contribution is -2.65. The molecule has 0 aromatic heterocycles. The molecule has 1 fully saturated rings. The Balaban J connectivity index is 2.08. The van der Waals surface area contributed by atoms with Crippen LogP contribution >= 0.6 is 0 Å². The van der Waals surface area contributed by atoms with Gasteiger partial charge in [0.1, 0.15) is 5.54 Å². The predicted octanol–water partition coefficient (Wildman–Crippen LogP) is 1.86. The number of rotatable bonds is 4. The van der Waals surface area contributed by atoms with Crippen LogP contribution in [0.4, 0.5) is 0 Å². The second-order valence-corrected chi connectivity index (χ2v) is 5.79. The first kappa shape index (κ1) is 14.1. The van der Waals surface area contributed by atoms with Crippen LogP contribution in [0.1, 0.15) is 46.0 Å². The van der Waals surface area contributed by atoms with Crippen molar-refractivity contribution in [2.45, 2.75) is 51.5 Å². The third-order valence-electron chi connectivity index (χ3n) is 4.29. The lowest BCUT2D eigenvalue weighted by molar-refractivity contribution is -0.151. The van der Waals surface area contributed by atoms with Crippen molar-refractivity contribution in [3.8, 4) is 0 Å². The molecule has 0 aromatic rings. The molecular weight excluding hydrogens is 240 g/mol. The van der Waals surface area contributed by atoms with Crippen molar-refractivity contribution in [2.75, 3.05) is 13.1 Å². The fraction of sp³-hybridized carbons (Fsp3) is 0.733. The van der Waals surface area contributed by atoms with E-state index in [4.69, 9.17) is 0 Å². The molecule has 4 nitrogen and oxygen atoms in total. The SMILES string of the molecule is CCC[C@@]1(C)C(=O)NCCN1C(=O)C[C@H]1C=CCC1. The highest BCUT2D eigenvalue weighted by atomic mass is 16.2. The van der Waals surface area contributed by atoms with Gasteiger partial charge in [-0.3, -0.25) is 9.59 Å². The Kier molecular flexibility index (Phi) is 4.27. The molecule has 19 heavy (non-hydrogen) atoms. The van der Waals surface area contributed by atoms with E-state index in [0.717, 1.165) is 25.7 Å². The Morgan fingerprint density at radius 1 is 1.58 bits per heavy atom. The van der Waals surface area contributed by atoms with Crippen LogP contribution in [0.3, 0.4) is 0 Å². The second-order valence-electron chi connectivity index (χ2n) is 5.79. The topological polar surface area (TPSA) is 49.4 Å². The first-order chi connectivity index (χ1) is 9.08. The molecule has 1 heterocycles. The molecule has 2 rings (SSSR count). The number of hydrogen-bond donors (Lipinski definition) is 1. The van der Waals surface area contributed by atoms with E-state index >= 15 is 0 Å². The van der Waals surface area contributed by atoms with E-state index in [1.165, 1.54) is 0 Å². The van der Waals surface area contributed by atoms with Gasteiger partial charge in [0.2, 0.25) is 11.8 Å². The first-order valence-corrected chi connectivity index (χ1v) is 7.33. The van der Waals surface area contributed by atoms with Crippen LogP contribution in [0.2, 0.25) is 0 Å². The maximum absolute atomic E-state index is 12.5. The van der Waals surface area contributed by atoms with E-state index in [-0.39, 0.29) is 11.8 Å². The zero-order valence-electron chi connectivity index (χ0n) is 11.9. The van der Waals surface area contributed by atoms with E-state index < -0.39 is 5.54 Å². The average molecular weight is 264 g/mol. The number of carbonyl (C=O) groups is 2. The van der Waals surface area contributed by atoms with Crippen molar-refractivity contribution in [3.63, 3.8) is 0 Å². The van der Waals surface area contributed by atoms with Gasteiger partial charge in [0.05, 0.1) is 0 Å². The van der Waals surface area contributed by atoms with Crippen LogP contribution in [-0.2, 0) is 9.59 Å². The molecular formula is C15H24N2O2. The maximum Gasteiger partial charge on any atom is 0.245 e. The molecule has 0 bridgehead atoms. The number of nitrogens with zero attached hydrogens (tertiary/aromatic N) is 1. The Bertz CT molecular complexity index is 392. The molecule has 1 N–H and O–H groups in total. The Hall–Kier alpha value is -1.32. The van der Waals surface area contributed by atoms with Crippen molar-refractivity contribution in [1.82, 2.24) is 10.2 Å². The van der Waals surface area contributed by atoms with E-state index in [9.17, 15) is 9.59 Å². The Morgan fingerprint density at radius 2 is 2.37 bits per heavy atom. The van der Waals surface area contributed by atoms with Gasteiger partial charge >= 0.3 is 0 Å². The highest BCUT2D eigenvalue weighted by molar-refractivity contribution is 5.92. The normalized spacial score (nSPS) is 30.5. The summed E-state index contributed by atoms with van der Waals surface area (Å²) >= 11 is 0. The van der Waals surface area contributed by atoms with Crippen LogP contribution in [0.15, 0.2) is 12.2 Å². The number of piperazine rings is 1. The van der Waals surface area contributed by atoms with E-state index in [2.05, 4.69) is 24.4 Å². The van der Waals surface area contributed by atoms with Crippen molar-refractivity contribution >= 4 is 11.8 Å². The van der Waals surface area contributed by atoms with Crippen LogP contribution in [0.5, 0.6) is 0 Å². The molecule has 1 aliphatic carbocycles. The summed E-state index contributed by atoms with van der Waals surface area (Å²) in [5, 5.41) is 2.89. The molecule has 2 amide bonds. The fourth-order valence-electron chi connectivity index (χ4n) is 3.18. The van der Waals surface area contributed by atoms with Gasteiger partial charge in [-0.05, 0) is 32.1 Å². The van der Waals surface area contributed by atoms with Crippen LogP contribution in [0, 0.1) is 5.92 Å². The Morgan fingerprint density at radius 3 is 3.00 bits per heavy atom. The Labute approximate surface area is 115 Å². The third kappa shape index (κ3) is 2.82. The zero-order chi connectivity index (χ0) is 13.9. The summed E-state index contributed by atoms with van der Waals surface area (Å²) in [6.07, 6.45) is 8.59.